The quantitative estimate of drug-likeness (QED) is 0.771. The molecule has 0 fully saturated rings. The molecule has 25 heavy (non-hydrogen) atoms. The van der Waals surface area contributed by atoms with Gasteiger partial charge in [-0.1, -0.05) is 24.3 Å². The highest BCUT2D eigenvalue weighted by atomic mass is 32.2. The Hall–Kier alpha value is -2.18. The zero-order valence-corrected chi connectivity index (χ0v) is 15.8. The van der Waals surface area contributed by atoms with Gasteiger partial charge in [-0.05, 0) is 50.1 Å². The molecule has 2 aromatic carbocycles. The Morgan fingerprint density at radius 2 is 1.76 bits per heavy atom. The minimum Gasteiger partial charge on any atom is -0.378 e. The van der Waals surface area contributed by atoms with Crippen molar-refractivity contribution in [2.24, 2.45) is 0 Å². The molecule has 0 bridgehead atoms. The van der Waals surface area contributed by atoms with Crippen molar-refractivity contribution in [1.29, 1.82) is 0 Å². The van der Waals surface area contributed by atoms with Gasteiger partial charge in [0, 0.05) is 31.4 Å². The third-order valence-electron chi connectivity index (χ3n) is 3.90. The zero-order valence-electron chi connectivity index (χ0n) is 15.0. The summed E-state index contributed by atoms with van der Waals surface area (Å²) in [6.07, 6.45) is 0.583. The summed E-state index contributed by atoms with van der Waals surface area (Å²) in [5.41, 5.74) is 2.53. The highest BCUT2D eigenvalue weighted by Gasteiger charge is 2.18. The lowest BCUT2D eigenvalue weighted by Gasteiger charge is -2.16. The number of anilines is 1. The highest BCUT2D eigenvalue weighted by Crippen LogP contribution is 2.16. The Kier molecular flexibility index (Phi) is 5.98. The highest BCUT2D eigenvalue weighted by molar-refractivity contribution is 7.89. The number of ketones is 1. The molecule has 5 nitrogen and oxygen atoms in total. The minimum atomic E-state index is -3.67. The Morgan fingerprint density at radius 1 is 1.12 bits per heavy atom. The molecule has 0 aliphatic heterocycles. The molecule has 1 N–H and O–H groups in total. The molecule has 0 radical (unpaired) electrons. The van der Waals surface area contributed by atoms with E-state index in [1.165, 1.54) is 19.1 Å². The van der Waals surface area contributed by atoms with Crippen molar-refractivity contribution in [3.8, 4) is 0 Å². The first kappa shape index (κ1) is 19.1. The van der Waals surface area contributed by atoms with E-state index in [-0.39, 0.29) is 16.7 Å². The lowest BCUT2D eigenvalue weighted by atomic mass is 10.1. The number of nitrogens with zero attached hydrogens (tertiary/aromatic N) is 1. The number of sulfonamides is 1. The molecular weight excluding hydrogens is 336 g/mol. The molecule has 0 spiro atoms. The van der Waals surface area contributed by atoms with Crippen LogP contribution in [0.4, 0.5) is 5.69 Å². The van der Waals surface area contributed by atoms with E-state index >= 15 is 0 Å². The van der Waals surface area contributed by atoms with E-state index in [9.17, 15) is 13.2 Å². The summed E-state index contributed by atoms with van der Waals surface area (Å²) in [7, 11) is 0.279. The largest absolute Gasteiger partial charge is 0.378 e. The van der Waals surface area contributed by atoms with Gasteiger partial charge in [-0.15, -0.1) is 0 Å². The second kappa shape index (κ2) is 7.80. The van der Waals surface area contributed by atoms with Crippen LogP contribution in [0, 0.1) is 0 Å². The second-order valence-corrected chi connectivity index (χ2v) is 8.09. The van der Waals surface area contributed by atoms with E-state index in [0.29, 0.717) is 12.0 Å². The van der Waals surface area contributed by atoms with Crippen LogP contribution in [0.25, 0.3) is 0 Å². The minimum absolute atomic E-state index is 0.106. The van der Waals surface area contributed by atoms with Gasteiger partial charge in [0.1, 0.15) is 0 Å². The maximum atomic E-state index is 12.5. The fraction of sp³-hybridized carbons (Fsp3) is 0.316. The average Bonchev–Trinajstić information content (AvgIpc) is 2.54. The van der Waals surface area contributed by atoms with Crippen molar-refractivity contribution in [1.82, 2.24) is 4.72 Å². The molecule has 0 aromatic heterocycles. The number of carbonyl (C=O) groups excluding carboxylic acids is 1. The number of rotatable bonds is 7. The maximum Gasteiger partial charge on any atom is 0.240 e. The Bertz CT molecular complexity index is 843. The van der Waals surface area contributed by atoms with Crippen molar-refractivity contribution in [3.63, 3.8) is 0 Å². The summed E-state index contributed by atoms with van der Waals surface area (Å²) in [6.45, 7) is 3.24. The van der Waals surface area contributed by atoms with Crippen LogP contribution in [0.15, 0.2) is 53.4 Å². The van der Waals surface area contributed by atoms with Crippen LogP contribution < -0.4 is 9.62 Å². The summed E-state index contributed by atoms with van der Waals surface area (Å²) in [5, 5.41) is 0. The number of carbonyl (C=O) groups is 1. The van der Waals surface area contributed by atoms with Crippen LogP contribution in [0.2, 0.25) is 0 Å². The lowest BCUT2D eigenvalue weighted by Crippen LogP contribution is -2.34. The topological polar surface area (TPSA) is 66.5 Å². The van der Waals surface area contributed by atoms with Gasteiger partial charge >= 0.3 is 0 Å². The summed E-state index contributed by atoms with van der Waals surface area (Å²) in [5.74, 6) is -0.161. The van der Waals surface area contributed by atoms with E-state index in [0.717, 1.165) is 11.3 Å². The van der Waals surface area contributed by atoms with Crippen molar-refractivity contribution in [2.45, 2.75) is 31.2 Å². The van der Waals surface area contributed by atoms with Gasteiger partial charge in [-0.2, -0.15) is 0 Å². The van der Waals surface area contributed by atoms with Crippen LogP contribution in [-0.4, -0.2) is 34.3 Å². The number of hydrogen-bond acceptors (Lipinski definition) is 4. The van der Waals surface area contributed by atoms with Crippen LogP contribution in [0.1, 0.15) is 29.8 Å². The van der Waals surface area contributed by atoms with Gasteiger partial charge in [-0.25, -0.2) is 13.1 Å². The van der Waals surface area contributed by atoms with Crippen molar-refractivity contribution >= 4 is 21.5 Å². The molecule has 0 aliphatic rings. The average molecular weight is 360 g/mol. The molecule has 2 aromatic rings. The first-order valence-electron chi connectivity index (χ1n) is 8.08. The molecule has 2 rings (SSSR count). The van der Waals surface area contributed by atoms with E-state index in [1.54, 1.807) is 12.1 Å². The second-order valence-electron chi connectivity index (χ2n) is 6.37. The monoisotopic (exact) mass is 360 g/mol. The van der Waals surface area contributed by atoms with Crippen molar-refractivity contribution < 1.29 is 13.2 Å². The molecule has 0 saturated heterocycles. The first-order valence-corrected chi connectivity index (χ1v) is 9.57. The Morgan fingerprint density at radius 3 is 2.32 bits per heavy atom. The molecule has 0 heterocycles. The summed E-state index contributed by atoms with van der Waals surface area (Å²) in [6, 6.07) is 13.8. The third-order valence-corrected chi connectivity index (χ3v) is 5.49. The van der Waals surface area contributed by atoms with Gasteiger partial charge in [0.25, 0.3) is 0 Å². The summed E-state index contributed by atoms with van der Waals surface area (Å²) < 4.78 is 27.7. The molecule has 0 aliphatic carbocycles. The predicted octanol–water partition coefficient (Wildman–Crippen LogP) is 2.86. The fourth-order valence-electron chi connectivity index (χ4n) is 2.54. The SMILES string of the molecule is CC(=O)c1cccc(S(=O)(=O)NC(C)Cc2ccc(N(C)C)cc2)c1. The summed E-state index contributed by atoms with van der Waals surface area (Å²) in [4.78, 5) is 13.6. The molecule has 0 amide bonds. The van der Waals surface area contributed by atoms with Crippen LogP contribution in [0.5, 0.6) is 0 Å². The third kappa shape index (κ3) is 5.14. The van der Waals surface area contributed by atoms with Gasteiger partial charge in [0.15, 0.2) is 5.78 Å². The fourth-order valence-corrected chi connectivity index (χ4v) is 3.83. The van der Waals surface area contributed by atoms with Crippen molar-refractivity contribution in [3.05, 3.63) is 59.7 Å². The van der Waals surface area contributed by atoms with Gasteiger partial charge in [0.2, 0.25) is 10.0 Å². The number of nitrogens with one attached hydrogen (secondary N) is 1. The predicted molar refractivity (Wildman–Crippen MR) is 101 cm³/mol. The van der Waals surface area contributed by atoms with Crippen molar-refractivity contribution in [2.75, 3.05) is 19.0 Å². The Balaban J connectivity index is 2.09. The van der Waals surface area contributed by atoms with E-state index in [4.69, 9.17) is 0 Å². The molecule has 134 valence electrons. The molecule has 1 atom stereocenters. The maximum absolute atomic E-state index is 12.5. The standard InChI is InChI=1S/C19H24N2O3S/c1-14(12-16-8-10-18(11-9-16)21(3)4)20-25(23,24)19-7-5-6-17(13-19)15(2)22/h5-11,13-14,20H,12H2,1-4H3. The van der Waals surface area contributed by atoms with E-state index in [2.05, 4.69) is 4.72 Å². The van der Waals surface area contributed by atoms with E-state index < -0.39 is 10.0 Å². The van der Waals surface area contributed by atoms with Gasteiger partial charge in [0.05, 0.1) is 4.90 Å². The van der Waals surface area contributed by atoms with Crippen LogP contribution in [-0.2, 0) is 16.4 Å². The first-order chi connectivity index (χ1) is 11.7. The normalized spacial score (nSPS) is 12.6. The number of hydrogen-bond donors (Lipinski definition) is 1. The smallest absolute Gasteiger partial charge is 0.240 e. The molecule has 1 unspecified atom stereocenters. The molecular formula is C19H24N2O3S. The van der Waals surface area contributed by atoms with Gasteiger partial charge in [-0.3, -0.25) is 4.79 Å². The lowest BCUT2D eigenvalue weighted by molar-refractivity contribution is 0.101. The van der Waals surface area contributed by atoms with Crippen LogP contribution in [0.3, 0.4) is 0 Å². The van der Waals surface area contributed by atoms with E-state index in [1.807, 2.05) is 50.2 Å². The summed E-state index contributed by atoms with van der Waals surface area (Å²) >= 11 is 0. The molecule has 6 heteroatoms. The zero-order chi connectivity index (χ0) is 18.6. The number of Topliss-reactive ketones (excluding diaryl/α,β-unsaturated/α-hetero) is 1. The Labute approximate surface area is 149 Å². The molecule has 0 saturated carbocycles. The van der Waals surface area contributed by atoms with Gasteiger partial charge < -0.3 is 4.90 Å². The van der Waals surface area contributed by atoms with Crippen LogP contribution >= 0.6 is 0 Å². The number of benzene rings is 2.